The second-order valence-corrected chi connectivity index (χ2v) is 10.2. The Balaban J connectivity index is 1.73. The van der Waals surface area contributed by atoms with Crippen LogP contribution >= 0.6 is 11.3 Å². The lowest BCUT2D eigenvalue weighted by atomic mass is 9.99. The van der Waals surface area contributed by atoms with Gasteiger partial charge in [-0.1, -0.05) is 30.9 Å². The summed E-state index contributed by atoms with van der Waals surface area (Å²) in [4.78, 5) is 35.9. The number of aryl methyl sites for hydroxylation is 3. The molecule has 0 saturated carbocycles. The highest BCUT2D eigenvalue weighted by atomic mass is 32.1. The first kappa shape index (κ1) is 32.8. The minimum Gasteiger partial charge on any atom is -0.463 e. The maximum atomic E-state index is 14.0. The number of halogens is 3. The maximum Gasteiger partial charge on any atom is 0.417 e. The molecule has 0 aliphatic carbocycles. The number of thiazole rings is 1. The number of rotatable bonds is 10. The van der Waals surface area contributed by atoms with Gasteiger partial charge in [-0.15, -0.1) is 11.3 Å². The van der Waals surface area contributed by atoms with Crippen LogP contribution in [-0.4, -0.2) is 40.1 Å². The van der Waals surface area contributed by atoms with E-state index in [-0.39, 0.29) is 24.3 Å². The zero-order valence-corrected chi connectivity index (χ0v) is 24.5. The van der Waals surface area contributed by atoms with Crippen LogP contribution in [-0.2, 0) is 38.1 Å². The summed E-state index contributed by atoms with van der Waals surface area (Å²) in [7, 11) is 0. The minimum atomic E-state index is -4.65. The number of esters is 2. The first-order chi connectivity index (χ1) is 20.5. The summed E-state index contributed by atoms with van der Waals surface area (Å²) in [6, 6.07) is 2.36. The molecule has 0 fully saturated rings. The predicted molar refractivity (Wildman–Crippen MR) is 156 cm³/mol. The van der Waals surface area contributed by atoms with E-state index in [1.54, 1.807) is 13.8 Å². The van der Waals surface area contributed by atoms with E-state index in [2.05, 4.69) is 51.8 Å². The molecule has 0 amide bonds. The normalized spacial score (nSPS) is 10.5. The second kappa shape index (κ2) is 15.5. The molecule has 0 radical (unpaired) electrons. The Bertz CT molecular complexity index is 1620. The Kier molecular flexibility index (Phi) is 11.8. The highest BCUT2D eigenvalue weighted by Gasteiger charge is 2.33. The van der Waals surface area contributed by atoms with Gasteiger partial charge < -0.3 is 9.47 Å². The quantitative estimate of drug-likeness (QED) is 0.127. The smallest absolute Gasteiger partial charge is 0.417 e. The Morgan fingerprint density at radius 2 is 1.56 bits per heavy atom. The molecule has 0 spiro atoms. The fraction of sp³-hybridized carbons (Fsp3) is 0.281. The topological polar surface area (TPSA) is 91.3 Å². The molecule has 7 nitrogen and oxygen atoms in total. The van der Waals surface area contributed by atoms with Crippen LogP contribution in [0.4, 0.5) is 13.2 Å². The Labute approximate surface area is 251 Å². The molecule has 2 aromatic heterocycles. The molecule has 0 N–H and O–H groups in total. The molecule has 0 saturated heterocycles. The number of unbranched alkanes of at least 4 members (excludes halogenated alkanes) is 1. The van der Waals surface area contributed by atoms with E-state index in [0.29, 0.717) is 53.3 Å². The van der Waals surface area contributed by atoms with Crippen molar-refractivity contribution in [2.75, 3.05) is 13.2 Å². The number of carbonyl (C=O) groups is 2. The van der Waals surface area contributed by atoms with Crippen molar-refractivity contribution in [1.82, 2.24) is 15.0 Å². The molecular weight excluding hydrogens is 579 g/mol. The largest absolute Gasteiger partial charge is 0.463 e. The minimum absolute atomic E-state index is 0.132. The monoisotopic (exact) mass is 607 g/mol. The zero-order valence-electron chi connectivity index (χ0n) is 23.6. The number of hydrogen-bond acceptors (Lipinski definition) is 8. The van der Waals surface area contributed by atoms with E-state index < -0.39 is 23.7 Å². The SMILES string of the molecule is C=CC(=O)OCCCCc1ncc(C#Cc2cc(C(F)(F)F)c(C#Cc3nc(C)c(CCOC(=O)C=C)s3)cc2C)cn1. The number of hydrogen-bond donors (Lipinski definition) is 0. The van der Waals surface area contributed by atoms with Crippen LogP contribution in [0.1, 0.15) is 62.1 Å². The van der Waals surface area contributed by atoms with Gasteiger partial charge in [0.1, 0.15) is 5.82 Å². The number of carbonyl (C=O) groups excluding carboxylic acids is 2. The molecule has 3 aromatic rings. The number of nitrogens with zero attached hydrogens (tertiary/aromatic N) is 3. The highest BCUT2D eigenvalue weighted by Crippen LogP contribution is 2.33. The molecule has 0 bridgehead atoms. The molecular formula is C32H28F3N3O4S. The van der Waals surface area contributed by atoms with E-state index in [4.69, 9.17) is 9.47 Å². The standard InChI is InChI=1S/C32H28F3N3O4S/c1-5-30(39)41-15-8-7-9-28-36-19-23(20-37-28)10-11-24-18-26(32(33,34)35)25(17-21(24)3)12-13-29-38-22(4)27(43-29)14-16-42-31(40)6-2/h5-6,17-20H,1-2,7-9,14-16H2,3-4H3. The summed E-state index contributed by atoms with van der Waals surface area (Å²) in [5, 5.41) is 0.358. The zero-order chi connectivity index (χ0) is 31.4. The van der Waals surface area contributed by atoms with Gasteiger partial charge in [0.2, 0.25) is 0 Å². The van der Waals surface area contributed by atoms with Gasteiger partial charge in [0.15, 0.2) is 5.01 Å². The van der Waals surface area contributed by atoms with Crippen LogP contribution in [0, 0.1) is 37.5 Å². The van der Waals surface area contributed by atoms with Crippen molar-refractivity contribution in [1.29, 1.82) is 0 Å². The Hall–Kier alpha value is -4.74. The number of aromatic nitrogens is 3. The van der Waals surface area contributed by atoms with Crippen molar-refractivity contribution in [3.05, 3.63) is 99.1 Å². The number of ether oxygens (including phenoxy) is 2. The van der Waals surface area contributed by atoms with Gasteiger partial charge in [0, 0.05) is 53.4 Å². The van der Waals surface area contributed by atoms with Crippen LogP contribution in [0.5, 0.6) is 0 Å². The summed E-state index contributed by atoms with van der Waals surface area (Å²) >= 11 is 1.24. The first-order valence-electron chi connectivity index (χ1n) is 13.1. The van der Waals surface area contributed by atoms with Crippen molar-refractivity contribution < 1.29 is 32.2 Å². The Morgan fingerprint density at radius 3 is 2.21 bits per heavy atom. The second-order valence-electron chi connectivity index (χ2n) is 9.08. The molecule has 3 rings (SSSR count). The first-order valence-corrected chi connectivity index (χ1v) is 13.9. The van der Waals surface area contributed by atoms with Crippen LogP contribution in [0.25, 0.3) is 0 Å². The van der Waals surface area contributed by atoms with E-state index >= 15 is 0 Å². The molecule has 2 heterocycles. The van der Waals surface area contributed by atoms with Crippen molar-refractivity contribution in [2.45, 2.75) is 45.7 Å². The highest BCUT2D eigenvalue weighted by molar-refractivity contribution is 7.12. The van der Waals surface area contributed by atoms with E-state index in [9.17, 15) is 22.8 Å². The van der Waals surface area contributed by atoms with Crippen LogP contribution in [0.15, 0.2) is 49.8 Å². The van der Waals surface area contributed by atoms with E-state index in [1.165, 1.54) is 29.8 Å². The molecule has 43 heavy (non-hydrogen) atoms. The van der Waals surface area contributed by atoms with E-state index in [1.807, 2.05) is 0 Å². The average molecular weight is 608 g/mol. The van der Waals surface area contributed by atoms with Gasteiger partial charge in [0.05, 0.1) is 30.0 Å². The summed E-state index contributed by atoms with van der Waals surface area (Å²) in [6.07, 6.45) is 2.89. The lowest BCUT2D eigenvalue weighted by molar-refractivity contribution is -0.138. The molecule has 222 valence electrons. The Morgan fingerprint density at radius 1 is 0.907 bits per heavy atom. The van der Waals surface area contributed by atoms with Gasteiger partial charge in [-0.3, -0.25) is 0 Å². The molecule has 0 unspecified atom stereocenters. The molecule has 1 aromatic carbocycles. The van der Waals surface area contributed by atoms with Crippen molar-refractivity contribution >= 4 is 23.3 Å². The lowest BCUT2D eigenvalue weighted by Gasteiger charge is -2.11. The van der Waals surface area contributed by atoms with Crippen molar-refractivity contribution in [2.24, 2.45) is 0 Å². The van der Waals surface area contributed by atoms with Crippen molar-refractivity contribution in [3.63, 3.8) is 0 Å². The molecule has 0 atom stereocenters. The number of alkyl halides is 3. The third-order valence-electron chi connectivity index (χ3n) is 5.86. The predicted octanol–water partition coefficient (Wildman–Crippen LogP) is 5.69. The number of benzene rings is 1. The van der Waals surface area contributed by atoms with Crippen LogP contribution < -0.4 is 0 Å². The fourth-order valence-corrected chi connectivity index (χ4v) is 4.52. The molecule has 0 aliphatic heterocycles. The summed E-state index contributed by atoms with van der Waals surface area (Å²) in [5.74, 6) is 10.6. The molecule has 11 heteroatoms. The van der Waals surface area contributed by atoms with Gasteiger partial charge in [-0.2, -0.15) is 13.2 Å². The lowest BCUT2D eigenvalue weighted by Crippen LogP contribution is -2.09. The summed E-state index contributed by atoms with van der Waals surface area (Å²) in [6.45, 7) is 10.5. The third kappa shape index (κ3) is 10.2. The maximum absolute atomic E-state index is 14.0. The summed E-state index contributed by atoms with van der Waals surface area (Å²) < 4.78 is 51.8. The van der Waals surface area contributed by atoms with Crippen LogP contribution in [0.3, 0.4) is 0 Å². The van der Waals surface area contributed by atoms with Crippen LogP contribution in [0.2, 0.25) is 0 Å². The van der Waals surface area contributed by atoms with Gasteiger partial charge in [0.25, 0.3) is 0 Å². The van der Waals surface area contributed by atoms with Crippen molar-refractivity contribution in [3.8, 4) is 23.7 Å². The van der Waals surface area contributed by atoms with Gasteiger partial charge >= 0.3 is 18.1 Å². The van der Waals surface area contributed by atoms with E-state index in [0.717, 1.165) is 23.1 Å². The summed E-state index contributed by atoms with van der Waals surface area (Å²) in [5.41, 5.74) is 0.777. The average Bonchev–Trinajstić information content (AvgIpc) is 3.33. The third-order valence-corrected chi connectivity index (χ3v) is 6.99. The molecule has 0 aliphatic rings. The fourth-order valence-electron chi connectivity index (χ4n) is 3.62. The van der Waals surface area contributed by atoms with Gasteiger partial charge in [-0.25, -0.2) is 24.5 Å². The van der Waals surface area contributed by atoms with Gasteiger partial charge in [-0.05, 0) is 50.3 Å².